The van der Waals surface area contributed by atoms with Crippen molar-refractivity contribution in [3.63, 3.8) is 0 Å². The van der Waals surface area contributed by atoms with Gasteiger partial charge in [0.15, 0.2) is 6.61 Å². The Morgan fingerprint density at radius 3 is 2.19 bits per heavy atom. The van der Waals surface area contributed by atoms with Crippen molar-refractivity contribution in [3.8, 4) is 5.75 Å². The zero-order valence-corrected chi connectivity index (χ0v) is 19.7. The highest BCUT2D eigenvalue weighted by atomic mass is 35.5. The van der Waals surface area contributed by atoms with Gasteiger partial charge in [0.05, 0.1) is 18.5 Å². The first kappa shape index (κ1) is 23.6. The lowest BCUT2D eigenvalue weighted by Gasteiger charge is -2.23. The number of rotatable bonds is 8. The zero-order chi connectivity index (χ0) is 23.3. The second kappa shape index (κ2) is 10.1. The van der Waals surface area contributed by atoms with Gasteiger partial charge in [0, 0.05) is 10.7 Å². The van der Waals surface area contributed by atoms with Gasteiger partial charge < -0.3 is 10.1 Å². The van der Waals surface area contributed by atoms with Crippen LogP contribution in [0.15, 0.2) is 66.7 Å². The van der Waals surface area contributed by atoms with Gasteiger partial charge in [-0.2, -0.15) is 0 Å². The van der Waals surface area contributed by atoms with Crippen LogP contribution in [0.5, 0.6) is 5.75 Å². The van der Waals surface area contributed by atoms with E-state index in [4.69, 9.17) is 16.3 Å². The van der Waals surface area contributed by atoms with Crippen molar-refractivity contribution in [3.05, 3.63) is 88.4 Å². The van der Waals surface area contributed by atoms with Crippen molar-refractivity contribution in [2.45, 2.75) is 20.4 Å². The average molecular weight is 473 g/mol. The van der Waals surface area contributed by atoms with Gasteiger partial charge in [-0.15, -0.1) is 0 Å². The van der Waals surface area contributed by atoms with Crippen LogP contribution >= 0.6 is 11.6 Å². The number of aryl methyl sites for hydroxylation is 2. The molecule has 0 aromatic heterocycles. The van der Waals surface area contributed by atoms with Crippen LogP contribution in [0.3, 0.4) is 0 Å². The molecular weight excluding hydrogens is 448 g/mol. The second-order valence-electron chi connectivity index (χ2n) is 7.46. The molecule has 1 N–H and O–H groups in total. The first-order chi connectivity index (χ1) is 15.1. The highest BCUT2D eigenvalue weighted by molar-refractivity contribution is 7.92. The average Bonchev–Trinajstić information content (AvgIpc) is 2.74. The van der Waals surface area contributed by atoms with Gasteiger partial charge in [0.2, 0.25) is 10.0 Å². The predicted octanol–water partition coefficient (Wildman–Crippen LogP) is 4.94. The molecule has 1 amide bonds. The molecular formula is C24H25ClN2O4S. The third-order valence-corrected chi connectivity index (χ3v) is 6.42. The number of sulfonamides is 1. The highest BCUT2D eigenvalue weighted by Gasteiger charge is 2.19. The van der Waals surface area contributed by atoms with Gasteiger partial charge in [0.1, 0.15) is 5.75 Å². The van der Waals surface area contributed by atoms with Crippen LogP contribution < -0.4 is 14.4 Å². The number of amides is 1. The number of carbonyl (C=O) groups excluding carboxylic acids is 1. The van der Waals surface area contributed by atoms with Crippen molar-refractivity contribution in [1.82, 2.24) is 0 Å². The van der Waals surface area contributed by atoms with E-state index in [0.717, 1.165) is 23.1 Å². The number of para-hydroxylation sites is 1. The Morgan fingerprint density at radius 2 is 1.59 bits per heavy atom. The fourth-order valence-corrected chi connectivity index (χ4v) is 4.30. The summed E-state index contributed by atoms with van der Waals surface area (Å²) < 4.78 is 31.6. The van der Waals surface area contributed by atoms with E-state index in [1.807, 2.05) is 38.1 Å². The SMILES string of the molecule is Cc1cccc(C)c1NC(=O)COc1ccc(N(Cc2ccccc2Cl)S(C)(=O)=O)cc1. The lowest BCUT2D eigenvalue weighted by Crippen LogP contribution is -2.29. The summed E-state index contributed by atoms with van der Waals surface area (Å²) in [5, 5.41) is 3.36. The zero-order valence-electron chi connectivity index (χ0n) is 18.1. The van der Waals surface area contributed by atoms with E-state index in [1.165, 1.54) is 4.31 Å². The van der Waals surface area contributed by atoms with E-state index < -0.39 is 10.0 Å². The van der Waals surface area contributed by atoms with Crippen LogP contribution in [0, 0.1) is 13.8 Å². The van der Waals surface area contributed by atoms with Gasteiger partial charge in [-0.05, 0) is 60.9 Å². The van der Waals surface area contributed by atoms with Crippen LogP contribution in [0.4, 0.5) is 11.4 Å². The fourth-order valence-electron chi connectivity index (χ4n) is 3.23. The Labute approximate surface area is 193 Å². The molecule has 3 aromatic rings. The maximum Gasteiger partial charge on any atom is 0.262 e. The number of halogens is 1. The summed E-state index contributed by atoms with van der Waals surface area (Å²) in [6.45, 7) is 3.80. The Kier molecular flexibility index (Phi) is 7.43. The first-order valence-corrected chi connectivity index (χ1v) is 12.2. The van der Waals surface area contributed by atoms with E-state index in [2.05, 4.69) is 5.32 Å². The van der Waals surface area contributed by atoms with E-state index in [-0.39, 0.29) is 19.1 Å². The summed E-state index contributed by atoms with van der Waals surface area (Å²) in [5.41, 5.74) is 3.90. The Morgan fingerprint density at radius 1 is 0.969 bits per heavy atom. The number of anilines is 2. The summed E-state index contributed by atoms with van der Waals surface area (Å²) in [4.78, 5) is 12.3. The lowest BCUT2D eigenvalue weighted by atomic mass is 10.1. The Bertz CT molecular complexity index is 1190. The van der Waals surface area contributed by atoms with Crippen molar-refractivity contribution >= 4 is 38.9 Å². The van der Waals surface area contributed by atoms with Gasteiger partial charge >= 0.3 is 0 Å². The van der Waals surface area contributed by atoms with E-state index in [1.54, 1.807) is 42.5 Å². The first-order valence-electron chi connectivity index (χ1n) is 9.95. The lowest BCUT2D eigenvalue weighted by molar-refractivity contribution is -0.118. The van der Waals surface area contributed by atoms with E-state index in [0.29, 0.717) is 22.0 Å². The van der Waals surface area contributed by atoms with Crippen molar-refractivity contribution < 1.29 is 17.9 Å². The standard InChI is InChI=1S/C24H25ClN2O4S/c1-17-7-6-8-18(2)24(17)26-23(28)16-31-21-13-11-20(12-14-21)27(32(3,29)30)15-19-9-4-5-10-22(19)25/h4-14H,15-16H2,1-3H3,(H,26,28). The molecule has 3 aromatic carbocycles. The number of hydrogen-bond acceptors (Lipinski definition) is 4. The van der Waals surface area contributed by atoms with Crippen LogP contribution in [0.2, 0.25) is 5.02 Å². The van der Waals surface area contributed by atoms with Crippen molar-refractivity contribution in [2.75, 3.05) is 22.5 Å². The quantitative estimate of drug-likeness (QED) is 0.503. The van der Waals surface area contributed by atoms with E-state index in [9.17, 15) is 13.2 Å². The summed E-state index contributed by atoms with van der Waals surface area (Å²) in [6, 6.07) is 19.4. The molecule has 8 heteroatoms. The molecule has 0 atom stereocenters. The molecule has 0 saturated heterocycles. The minimum atomic E-state index is -3.54. The molecule has 0 unspecified atom stereocenters. The fraction of sp³-hybridized carbons (Fsp3) is 0.208. The second-order valence-corrected chi connectivity index (χ2v) is 9.77. The molecule has 0 aliphatic carbocycles. The summed E-state index contributed by atoms with van der Waals surface area (Å²) in [6.07, 6.45) is 1.14. The molecule has 0 radical (unpaired) electrons. The molecule has 3 rings (SSSR count). The smallest absolute Gasteiger partial charge is 0.262 e. The predicted molar refractivity (Wildman–Crippen MR) is 129 cm³/mol. The topological polar surface area (TPSA) is 75.7 Å². The van der Waals surface area contributed by atoms with Crippen LogP contribution in [0.25, 0.3) is 0 Å². The normalized spacial score (nSPS) is 11.1. The summed E-state index contributed by atoms with van der Waals surface area (Å²) >= 11 is 6.20. The molecule has 32 heavy (non-hydrogen) atoms. The Hall–Kier alpha value is -3.03. The molecule has 168 valence electrons. The van der Waals surface area contributed by atoms with E-state index >= 15 is 0 Å². The number of carbonyl (C=O) groups is 1. The van der Waals surface area contributed by atoms with Gasteiger partial charge in [-0.25, -0.2) is 8.42 Å². The minimum absolute atomic E-state index is 0.108. The number of hydrogen-bond donors (Lipinski definition) is 1. The minimum Gasteiger partial charge on any atom is -0.484 e. The molecule has 6 nitrogen and oxygen atoms in total. The number of nitrogens with one attached hydrogen (secondary N) is 1. The maximum absolute atomic E-state index is 12.4. The molecule has 0 bridgehead atoms. The largest absolute Gasteiger partial charge is 0.484 e. The number of benzene rings is 3. The molecule has 0 heterocycles. The third-order valence-electron chi connectivity index (χ3n) is 4.91. The van der Waals surface area contributed by atoms with Crippen LogP contribution in [-0.4, -0.2) is 27.2 Å². The van der Waals surface area contributed by atoms with Gasteiger partial charge in [-0.1, -0.05) is 48.0 Å². The van der Waals surface area contributed by atoms with Crippen molar-refractivity contribution in [2.24, 2.45) is 0 Å². The third kappa shape index (κ3) is 6.02. The maximum atomic E-state index is 12.4. The number of ether oxygens (including phenoxy) is 1. The molecule has 0 fully saturated rings. The number of nitrogens with zero attached hydrogens (tertiary/aromatic N) is 1. The monoisotopic (exact) mass is 472 g/mol. The van der Waals surface area contributed by atoms with Gasteiger partial charge in [-0.3, -0.25) is 9.10 Å². The Balaban J connectivity index is 1.67. The summed E-state index contributed by atoms with van der Waals surface area (Å²) in [7, 11) is -3.54. The van der Waals surface area contributed by atoms with Crippen LogP contribution in [0.1, 0.15) is 16.7 Å². The van der Waals surface area contributed by atoms with Gasteiger partial charge in [0.25, 0.3) is 5.91 Å². The van der Waals surface area contributed by atoms with Crippen molar-refractivity contribution in [1.29, 1.82) is 0 Å². The van der Waals surface area contributed by atoms with Crippen LogP contribution in [-0.2, 0) is 21.4 Å². The molecule has 0 aliphatic rings. The molecule has 0 spiro atoms. The highest BCUT2D eigenvalue weighted by Crippen LogP contribution is 2.26. The molecule has 0 aliphatic heterocycles. The molecule has 0 saturated carbocycles. The summed E-state index contributed by atoms with van der Waals surface area (Å²) in [5.74, 6) is 0.180.